The maximum Gasteiger partial charge on any atom is 0.435 e. The van der Waals surface area contributed by atoms with Gasteiger partial charge < -0.3 is 4.42 Å². The highest BCUT2D eigenvalue weighted by molar-refractivity contribution is 5.94. The number of nitrogen functional groups attached to an aromatic ring is 1. The second kappa shape index (κ2) is 4.76. The Morgan fingerprint density at radius 3 is 2.79 bits per heavy atom. The Labute approximate surface area is 105 Å². The van der Waals surface area contributed by atoms with E-state index in [9.17, 15) is 18.0 Å². The maximum atomic E-state index is 12.4. The van der Waals surface area contributed by atoms with Crippen molar-refractivity contribution >= 4 is 5.91 Å². The average molecular weight is 274 g/mol. The Hall–Kier alpha value is -2.29. The van der Waals surface area contributed by atoms with Crippen molar-refractivity contribution in [1.82, 2.24) is 15.2 Å². The van der Waals surface area contributed by atoms with Gasteiger partial charge in [-0.15, -0.1) is 0 Å². The number of carbonyl (C=O) groups excluding carboxylic acids is 1. The van der Waals surface area contributed by atoms with Crippen molar-refractivity contribution in [3.8, 4) is 0 Å². The lowest BCUT2D eigenvalue weighted by molar-refractivity contribution is -0.141. The van der Waals surface area contributed by atoms with Gasteiger partial charge in [0.15, 0.2) is 5.69 Å². The Morgan fingerprint density at radius 1 is 1.47 bits per heavy atom. The molecule has 1 amide bonds. The van der Waals surface area contributed by atoms with Crippen molar-refractivity contribution in [2.24, 2.45) is 5.84 Å². The van der Waals surface area contributed by atoms with Crippen molar-refractivity contribution in [1.29, 1.82) is 0 Å². The molecule has 2 aromatic rings. The van der Waals surface area contributed by atoms with Crippen LogP contribution in [0.2, 0.25) is 0 Å². The SMILES string of the molecule is NNC(=O)c1ccoc1Cn1ccc(C(F)(F)F)n1. The van der Waals surface area contributed by atoms with Gasteiger partial charge in [-0.1, -0.05) is 0 Å². The largest absolute Gasteiger partial charge is 0.467 e. The zero-order valence-corrected chi connectivity index (χ0v) is 9.44. The van der Waals surface area contributed by atoms with E-state index in [-0.39, 0.29) is 17.9 Å². The summed E-state index contributed by atoms with van der Waals surface area (Å²) in [7, 11) is 0. The number of halogens is 3. The van der Waals surface area contributed by atoms with Crippen molar-refractivity contribution in [3.05, 3.63) is 41.6 Å². The van der Waals surface area contributed by atoms with Crippen LogP contribution in [0.4, 0.5) is 13.2 Å². The number of rotatable bonds is 3. The standard InChI is InChI=1S/C10H9F3N4O2/c11-10(12,13)8-1-3-17(16-8)5-7-6(2-4-19-7)9(18)15-14/h1-4H,5,14H2,(H,15,18). The highest BCUT2D eigenvalue weighted by Gasteiger charge is 2.33. The molecule has 0 aliphatic rings. The number of hydrogen-bond donors (Lipinski definition) is 2. The van der Waals surface area contributed by atoms with Crippen LogP contribution in [0.3, 0.4) is 0 Å². The summed E-state index contributed by atoms with van der Waals surface area (Å²) >= 11 is 0. The number of amides is 1. The van der Waals surface area contributed by atoms with Crippen LogP contribution in [0.15, 0.2) is 29.0 Å². The first-order valence-electron chi connectivity index (χ1n) is 5.10. The van der Waals surface area contributed by atoms with E-state index in [0.29, 0.717) is 0 Å². The van der Waals surface area contributed by atoms with E-state index in [4.69, 9.17) is 10.3 Å². The van der Waals surface area contributed by atoms with Gasteiger partial charge in [-0.2, -0.15) is 18.3 Å². The molecule has 0 saturated heterocycles. The molecule has 3 N–H and O–H groups in total. The fourth-order valence-corrected chi connectivity index (χ4v) is 1.49. The Morgan fingerprint density at radius 2 is 2.21 bits per heavy atom. The van der Waals surface area contributed by atoms with Crippen LogP contribution in [-0.4, -0.2) is 15.7 Å². The predicted octanol–water partition coefficient (Wildman–Crippen LogP) is 1.15. The van der Waals surface area contributed by atoms with E-state index >= 15 is 0 Å². The predicted molar refractivity (Wildman–Crippen MR) is 56.7 cm³/mol. The molecule has 6 nitrogen and oxygen atoms in total. The molecule has 0 saturated carbocycles. The fourth-order valence-electron chi connectivity index (χ4n) is 1.49. The van der Waals surface area contributed by atoms with Gasteiger partial charge in [0.1, 0.15) is 5.76 Å². The molecule has 0 aliphatic heterocycles. The molecule has 0 bridgehead atoms. The van der Waals surface area contributed by atoms with Crippen LogP contribution in [0.1, 0.15) is 21.8 Å². The molecule has 2 rings (SSSR count). The number of furan rings is 1. The zero-order valence-electron chi connectivity index (χ0n) is 9.44. The molecule has 19 heavy (non-hydrogen) atoms. The number of hydrogen-bond acceptors (Lipinski definition) is 4. The molecule has 0 spiro atoms. The Bertz CT molecular complexity index is 588. The summed E-state index contributed by atoms with van der Waals surface area (Å²) in [5, 5.41) is 3.35. The van der Waals surface area contributed by atoms with Crippen molar-refractivity contribution in [2.45, 2.75) is 12.7 Å². The van der Waals surface area contributed by atoms with Gasteiger partial charge >= 0.3 is 6.18 Å². The Kier molecular flexibility index (Phi) is 3.30. The van der Waals surface area contributed by atoms with Crippen LogP contribution >= 0.6 is 0 Å². The summed E-state index contributed by atoms with van der Waals surface area (Å²) in [4.78, 5) is 11.3. The lowest BCUT2D eigenvalue weighted by Crippen LogP contribution is -2.30. The molecule has 0 atom stereocenters. The molecule has 2 aromatic heterocycles. The van der Waals surface area contributed by atoms with Crippen LogP contribution < -0.4 is 11.3 Å². The molecular weight excluding hydrogens is 265 g/mol. The van der Waals surface area contributed by atoms with E-state index in [1.807, 2.05) is 5.43 Å². The molecule has 102 valence electrons. The maximum absolute atomic E-state index is 12.4. The molecule has 0 aromatic carbocycles. The monoisotopic (exact) mass is 274 g/mol. The first-order valence-corrected chi connectivity index (χ1v) is 5.10. The highest BCUT2D eigenvalue weighted by atomic mass is 19.4. The molecule has 9 heteroatoms. The topological polar surface area (TPSA) is 86.1 Å². The second-order valence-corrected chi connectivity index (χ2v) is 3.63. The minimum atomic E-state index is -4.51. The third-order valence-corrected chi connectivity index (χ3v) is 2.36. The number of nitrogens with two attached hydrogens (primary N) is 1. The van der Waals surface area contributed by atoms with Gasteiger partial charge in [-0.25, -0.2) is 5.84 Å². The normalized spacial score (nSPS) is 11.6. The number of hydrazine groups is 1. The highest BCUT2D eigenvalue weighted by Crippen LogP contribution is 2.27. The number of carbonyl (C=O) groups is 1. The summed E-state index contributed by atoms with van der Waals surface area (Å²) in [5.41, 5.74) is 1.05. The third-order valence-electron chi connectivity index (χ3n) is 2.36. The van der Waals surface area contributed by atoms with Crippen LogP contribution in [0.25, 0.3) is 0 Å². The van der Waals surface area contributed by atoms with E-state index in [1.54, 1.807) is 0 Å². The van der Waals surface area contributed by atoms with Crippen molar-refractivity contribution in [3.63, 3.8) is 0 Å². The first-order chi connectivity index (χ1) is 8.91. The summed E-state index contributed by atoms with van der Waals surface area (Å²) < 4.78 is 43.1. The fraction of sp³-hybridized carbons (Fsp3) is 0.200. The second-order valence-electron chi connectivity index (χ2n) is 3.63. The van der Waals surface area contributed by atoms with E-state index in [2.05, 4.69) is 5.10 Å². The van der Waals surface area contributed by atoms with Crippen LogP contribution in [-0.2, 0) is 12.7 Å². The quantitative estimate of drug-likeness (QED) is 0.499. The van der Waals surface area contributed by atoms with Crippen molar-refractivity contribution < 1.29 is 22.4 Å². The lowest BCUT2D eigenvalue weighted by Gasteiger charge is -2.03. The number of aromatic nitrogens is 2. The third kappa shape index (κ3) is 2.76. The molecule has 2 heterocycles. The van der Waals surface area contributed by atoms with E-state index < -0.39 is 17.8 Å². The summed E-state index contributed by atoms with van der Waals surface area (Å²) in [6.07, 6.45) is -2.12. The van der Waals surface area contributed by atoms with Crippen LogP contribution in [0.5, 0.6) is 0 Å². The van der Waals surface area contributed by atoms with E-state index in [1.165, 1.54) is 12.3 Å². The molecule has 0 radical (unpaired) electrons. The van der Waals surface area contributed by atoms with Crippen LogP contribution in [0, 0.1) is 0 Å². The average Bonchev–Trinajstić information content (AvgIpc) is 2.97. The molecule has 0 unspecified atom stereocenters. The molecule has 0 fully saturated rings. The van der Waals surface area contributed by atoms with E-state index in [0.717, 1.165) is 16.9 Å². The number of nitrogens with one attached hydrogen (secondary N) is 1. The number of alkyl halides is 3. The summed E-state index contributed by atoms with van der Waals surface area (Å²) in [6, 6.07) is 2.21. The number of nitrogens with zero attached hydrogens (tertiary/aromatic N) is 2. The van der Waals surface area contributed by atoms with Crippen molar-refractivity contribution in [2.75, 3.05) is 0 Å². The minimum absolute atomic E-state index is 0.105. The minimum Gasteiger partial charge on any atom is -0.467 e. The molecular formula is C10H9F3N4O2. The van der Waals surface area contributed by atoms with Gasteiger partial charge in [0.25, 0.3) is 5.91 Å². The van der Waals surface area contributed by atoms with Gasteiger partial charge in [-0.05, 0) is 12.1 Å². The lowest BCUT2D eigenvalue weighted by atomic mass is 10.2. The Balaban J connectivity index is 2.20. The first kappa shape index (κ1) is 13.1. The smallest absolute Gasteiger partial charge is 0.435 e. The summed E-state index contributed by atoms with van der Waals surface area (Å²) in [6.45, 7) is -0.105. The van der Waals surface area contributed by atoms with Gasteiger partial charge in [-0.3, -0.25) is 14.9 Å². The zero-order chi connectivity index (χ0) is 14.0. The van der Waals surface area contributed by atoms with Gasteiger partial charge in [0.05, 0.1) is 18.4 Å². The molecule has 0 aliphatic carbocycles. The van der Waals surface area contributed by atoms with Gasteiger partial charge in [0, 0.05) is 6.20 Å². The summed E-state index contributed by atoms with van der Waals surface area (Å²) in [5.74, 6) is 4.55. The van der Waals surface area contributed by atoms with Gasteiger partial charge in [0.2, 0.25) is 0 Å².